The van der Waals surface area contributed by atoms with Gasteiger partial charge >= 0.3 is 0 Å². The molecule has 1 N–H and O–H groups in total. The van der Waals surface area contributed by atoms with Crippen LogP contribution in [-0.4, -0.2) is 24.6 Å². The number of anilines is 1. The van der Waals surface area contributed by atoms with Crippen molar-refractivity contribution in [3.63, 3.8) is 0 Å². The average molecular weight is 307 g/mol. The first-order chi connectivity index (χ1) is 9.88. The number of aromatic nitrogens is 1. The predicted molar refractivity (Wildman–Crippen MR) is 77.8 cm³/mol. The summed E-state index contributed by atoms with van der Waals surface area (Å²) >= 11 is 0. The molecule has 1 aromatic carbocycles. The fraction of sp³-hybridized carbons (Fsp3) is 0.154. The Morgan fingerprint density at radius 3 is 2.67 bits per heavy atom. The normalized spacial score (nSPS) is 11.1. The van der Waals surface area contributed by atoms with E-state index < -0.39 is 14.8 Å². The summed E-state index contributed by atoms with van der Waals surface area (Å²) in [5.41, 5.74) is 0.844. The lowest BCUT2D eigenvalue weighted by Gasteiger charge is -2.08. The molecule has 0 unspecified atom stereocenters. The molecular weight excluding hydrogens is 294 g/mol. The fourth-order valence-electron chi connectivity index (χ4n) is 1.74. The predicted octanol–water partition coefficient (Wildman–Crippen LogP) is 2.01. The zero-order chi connectivity index (χ0) is 15.5. The summed E-state index contributed by atoms with van der Waals surface area (Å²) < 4.78 is 22.9. The number of pyridine rings is 1. The maximum Gasteiger partial charge on any atom is 0.293 e. The monoisotopic (exact) mass is 307 g/mol. The van der Waals surface area contributed by atoms with Crippen LogP contribution in [0.1, 0.15) is 5.56 Å². The van der Waals surface area contributed by atoms with Gasteiger partial charge in [0, 0.05) is 31.3 Å². The number of nitrogens with one attached hydrogen (secondary N) is 1. The lowest BCUT2D eigenvalue weighted by molar-refractivity contribution is -0.384. The van der Waals surface area contributed by atoms with E-state index in [4.69, 9.17) is 0 Å². The second kappa shape index (κ2) is 5.88. The van der Waals surface area contributed by atoms with E-state index in [1.54, 1.807) is 18.5 Å². The van der Waals surface area contributed by atoms with Crippen LogP contribution in [0.4, 0.5) is 11.4 Å². The van der Waals surface area contributed by atoms with E-state index in [0.29, 0.717) is 6.54 Å². The van der Waals surface area contributed by atoms with Gasteiger partial charge in [-0.1, -0.05) is 6.07 Å². The van der Waals surface area contributed by atoms with Crippen molar-refractivity contribution < 1.29 is 13.3 Å². The molecule has 0 fully saturated rings. The third-order valence-electron chi connectivity index (χ3n) is 2.80. The highest BCUT2D eigenvalue weighted by atomic mass is 32.2. The van der Waals surface area contributed by atoms with Crippen LogP contribution in [0.15, 0.2) is 47.6 Å². The van der Waals surface area contributed by atoms with Crippen LogP contribution in [0, 0.1) is 10.1 Å². The lowest BCUT2D eigenvalue weighted by atomic mass is 10.2. The van der Waals surface area contributed by atoms with E-state index >= 15 is 0 Å². The third-order valence-corrected chi connectivity index (χ3v) is 3.91. The number of nitrogens with zero attached hydrogens (tertiary/aromatic N) is 2. The Hall–Kier alpha value is -2.48. The molecule has 0 spiro atoms. The highest BCUT2D eigenvalue weighted by Crippen LogP contribution is 2.27. The van der Waals surface area contributed by atoms with Crippen molar-refractivity contribution in [1.29, 1.82) is 0 Å². The van der Waals surface area contributed by atoms with Gasteiger partial charge in [-0.25, -0.2) is 8.42 Å². The molecule has 0 atom stereocenters. The molecule has 7 nitrogen and oxygen atoms in total. The molecule has 21 heavy (non-hydrogen) atoms. The van der Waals surface area contributed by atoms with E-state index in [9.17, 15) is 18.5 Å². The van der Waals surface area contributed by atoms with Gasteiger partial charge in [-0.15, -0.1) is 0 Å². The van der Waals surface area contributed by atoms with Crippen molar-refractivity contribution in [2.24, 2.45) is 0 Å². The van der Waals surface area contributed by atoms with Gasteiger partial charge in [-0.3, -0.25) is 15.1 Å². The molecule has 2 aromatic rings. The van der Waals surface area contributed by atoms with Gasteiger partial charge in [-0.2, -0.15) is 0 Å². The summed E-state index contributed by atoms with van der Waals surface area (Å²) in [6, 6.07) is 7.38. The number of nitro groups is 1. The zero-order valence-corrected chi connectivity index (χ0v) is 12.0. The van der Waals surface area contributed by atoms with Crippen molar-refractivity contribution in [3.8, 4) is 0 Å². The topological polar surface area (TPSA) is 102 Å². The Balaban J connectivity index is 2.29. The second-order valence-corrected chi connectivity index (χ2v) is 6.44. The summed E-state index contributed by atoms with van der Waals surface area (Å²) in [5.74, 6) is 0. The van der Waals surface area contributed by atoms with Crippen LogP contribution >= 0.6 is 0 Å². The number of hydrogen-bond acceptors (Lipinski definition) is 6. The molecule has 0 aliphatic heterocycles. The molecule has 0 bridgehead atoms. The van der Waals surface area contributed by atoms with E-state index in [2.05, 4.69) is 10.3 Å². The number of sulfone groups is 1. The molecule has 2 rings (SSSR count). The fourth-order valence-corrected chi connectivity index (χ4v) is 2.38. The highest BCUT2D eigenvalue weighted by Gasteiger charge is 2.18. The minimum atomic E-state index is -3.48. The molecule has 8 heteroatoms. The van der Waals surface area contributed by atoms with E-state index in [-0.39, 0.29) is 16.3 Å². The smallest absolute Gasteiger partial charge is 0.293 e. The number of benzene rings is 1. The van der Waals surface area contributed by atoms with E-state index in [1.807, 2.05) is 6.07 Å². The quantitative estimate of drug-likeness (QED) is 0.669. The summed E-state index contributed by atoms with van der Waals surface area (Å²) in [6.07, 6.45) is 4.28. The van der Waals surface area contributed by atoms with Gasteiger partial charge in [0.15, 0.2) is 9.84 Å². The second-order valence-electron chi connectivity index (χ2n) is 4.42. The molecular formula is C13H13N3O4S. The van der Waals surface area contributed by atoms with Crippen LogP contribution in [0.2, 0.25) is 0 Å². The van der Waals surface area contributed by atoms with E-state index in [1.165, 1.54) is 12.1 Å². The van der Waals surface area contributed by atoms with Crippen LogP contribution in [0.3, 0.4) is 0 Å². The first-order valence-electron chi connectivity index (χ1n) is 5.99. The van der Waals surface area contributed by atoms with Crippen molar-refractivity contribution >= 4 is 21.2 Å². The maximum atomic E-state index is 11.4. The number of hydrogen-bond donors (Lipinski definition) is 1. The Bertz CT molecular complexity index is 760. The average Bonchev–Trinajstić information content (AvgIpc) is 2.45. The summed E-state index contributed by atoms with van der Waals surface area (Å²) in [7, 11) is -3.48. The number of rotatable bonds is 5. The van der Waals surface area contributed by atoms with Crippen molar-refractivity contribution in [1.82, 2.24) is 4.98 Å². The van der Waals surface area contributed by atoms with Gasteiger partial charge in [0.1, 0.15) is 5.69 Å². The Kier molecular flexibility index (Phi) is 4.18. The van der Waals surface area contributed by atoms with Gasteiger partial charge in [0.2, 0.25) is 0 Å². The van der Waals surface area contributed by atoms with Crippen LogP contribution in [-0.2, 0) is 16.4 Å². The largest absolute Gasteiger partial charge is 0.375 e. The standard InChI is InChI=1S/C13H13N3O4S/c1-21(19,20)11-4-5-12(13(7-11)16(17)18)15-9-10-3-2-6-14-8-10/h2-8,15H,9H2,1H3. The van der Waals surface area contributed by atoms with Crippen LogP contribution < -0.4 is 5.32 Å². The van der Waals surface area contributed by atoms with Gasteiger partial charge in [0.25, 0.3) is 5.69 Å². The molecule has 0 radical (unpaired) electrons. The zero-order valence-electron chi connectivity index (χ0n) is 11.2. The molecule has 0 aliphatic rings. The van der Waals surface area contributed by atoms with Crippen molar-refractivity contribution in [3.05, 3.63) is 58.4 Å². The molecule has 0 saturated heterocycles. The third kappa shape index (κ3) is 3.76. The Morgan fingerprint density at radius 1 is 1.33 bits per heavy atom. The molecule has 0 saturated carbocycles. The van der Waals surface area contributed by atoms with Gasteiger partial charge in [0.05, 0.1) is 9.82 Å². The Morgan fingerprint density at radius 2 is 2.10 bits per heavy atom. The molecule has 110 valence electrons. The summed E-state index contributed by atoms with van der Waals surface area (Å²) in [5, 5.41) is 14.0. The van der Waals surface area contributed by atoms with Gasteiger partial charge < -0.3 is 5.32 Å². The van der Waals surface area contributed by atoms with Crippen LogP contribution in [0.5, 0.6) is 0 Å². The lowest BCUT2D eigenvalue weighted by Crippen LogP contribution is -2.05. The SMILES string of the molecule is CS(=O)(=O)c1ccc(NCc2cccnc2)c([N+](=O)[O-])c1. The molecule has 0 amide bonds. The summed E-state index contributed by atoms with van der Waals surface area (Å²) in [6.45, 7) is 0.354. The van der Waals surface area contributed by atoms with Crippen LogP contribution in [0.25, 0.3) is 0 Å². The van der Waals surface area contributed by atoms with E-state index in [0.717, 1.165) is 17.9 Å². The highest BCUT2D eigenvalue weighted by molar-refractivity contribution is 7.90. The minimum Gasteiger partial charge on any atom is -0.375 e. The Labute approximate surface area is 121 Å². The minimum absolute atomic E-state index is 0.0823. The molecule has 1 aromatic heterocycles. The van der Waals surface area contributed by atoms with Crippen molar-refractivity contribution in [2.45, 2.75) is 11.4 Å². The first-order valence-corrected chi connectivity index (χ1v) is 7.88. The molecule has 0 aliphatic carbocycles. The van der Waals surface area contributed by atoms with Crippen molar-refractivity contribution in [2.75, 3.05) is 11.6 Å². The number of nitro benzene ring substituents is 1. The summed E-state index contributed by atoms with van der Waals surface area (Å²) in [4.78, 5) is 14.3. The first kappa shape index (κ1) is 14.9. The maximum absolute atomic E-state index is 11.4. The van der Waals surface area contributed by atoms with Gasteiger partial charge in [-0.05, 0) is 23.8 Å². The molecule has 1 heterocycles.